The van der Waals surface area contributed by atoms with E-state index in [4.69, 9.17) is 5.73 Å². The van der Waals surface area contributed by atoms with Crippen LogP contribution in [-0.4, -0.2) is 30.6 Å². The number of amides is 1. The van der Waals surface area contributed by atoms with E-state index < -0.39 is 17.0 Å². The van der Waals surface area contributed by atoms with E-state index in [-0.39, 0.29) is 5.91 Å². The van der Waals surface area contributed by atoms with E-state index in [1.165, 1.54) is 32.1 Å². The standard InChI is InChI=1S/C18H32N4O/c1-17(2,13-19)18(8-10-21-11-9-18)22-16(23)15(20)12-14-6-4-3-5-7-14/h14-15,21H,3-12,20H2,1-2H3,(H,22,23). The van der Waals surface area contributed by atoms with Crippen LogP contribution in [0.3, 0.4) is 0 Å². The van der Waals surface area contributed by atoms with Crippen LogP contribution in [0.5, 0.6) is 0 Å². The van der Waals surface area contributed by atoms with Crippen LogP contribution in [0.25, 0.3) is 0 Å². The van der Waals surface area contributed by atoms with Gasteiger partial charge in [-0.15, -0.1) is 0 Å². The maximum absolute atomic E-state index is 12.7. The summed E-state index contributed by atoms with van der Waals surface area (Å²) in [6, 6.07) is 1.94. The van der Waals surface area contributed by atoms with E-state index in [2.05, 4.69) is 16.7 Å². The highest BCUT2D eigenvalue weighted by molar-refractivity contribution is 5.82. The topological polar surface area (TPSA) is 90.9 Å². The van der Waals surface area contributed by atoms with Crippen molar-refractivity contribution >= 4 is 5.91 Å². The van der Waals surface area contributed by atoms with Gasteiger partial charge >= 0.3 is 0 Å². The van der Waals surface area contributed by atoms with E-state index in [1.54, 1.807) is 0 Å². The van der Waals surface area contributed by atoms with Crippen LogP contribution in [0.15, 0.2) is 0 Å². The minimum atomic E-state index is -0.602. The summed E-state index contributed by atoms with van der Waals surface area (Å²) < 4.78 is 0. The fraction of sp³-hybridized carbons (Fsp3) is 0.889. The zero-order chi connectivity index (χ0) is 16.9. The fourth-order valence-electron chi connectivity index (χ4n) is 4.08. The molecule has 0 aromatic carbocycles. The van der Waals surface area contributed by atoms with E-state index in [0.717, 1.165) is 32.4 Å². The Hall–Kier alpha value is -1.12. The number of nitrogens with zero attached hydrogens (tertiary/aromatic N) is 1. The Morgan fingerprint density at radius 2 is 1.96 bits per heavy atom. The average Bonchev–Trinajstić information content (AvgIpc) is 2.56. The van der Waals surface area contributed by atoms with Crippen LogP contribution < -0.4 is 16.4 Å². The minimum Gasteiger partial charge on any atom is -0.348 e. The molecule has 4 N–H and O–H groups in total. The van der Waals surface area contributed by atoms with Gasteiger partial charge in [0, 0.05) is 0 Å². The van der Waals surface area contributed by atoms with Gasteiger partial charge in [0.05, 0.1) is 23.1 Å². The SMILES string of the molecule is CC(C)(C#N)C1(NC(=O)C(N)CC2CCCCC2)CCNCC1. The number of nitriles is 1. The van der Waals surface area contributed by atoms with Gasteiger partial charge < -0.3 is 16.4 Å². The average molecular weight is 320 g/mol. The molecular formula is C18H32N4O. The fourth-order valence-corrected chi connectivity index (χ4v) is 4.08. The molecule has 5 heteroatoms. The molecule has 0 spiro atoms. The van der Waals surface area contributed by atoms with Gasteiger partial charge in [-0.05, 0) is 52.1 Å². The second-order valence-corrected chi connectivity index (χ2v) is 7.90. The number of rotatable bonds is 5. The third-order valence-electron chi connectivity index (χ3n) is 5.94. The normalized spacial score (nSPS) is 23.7. The highest BCUT2D eigenvalue weighted by Gasteiger charge is 2.47. The van der Waals surface area contributed by atoms with Gasteiger partial charge in [-0.2, -0.15) is 5.26 Å². The molecular weight excluding hydrogens is 288 g/mol. The van der Waals surface area contributed by atoms with Crippen molar-refractivity contribution in [2.24, 2.45) is 17.1 Å². The Morgan fingerprint density at radius 3 is 2.52 bits per heavy atom. The Kier molecular flexibility index (Phi) is 6.05. The Bertz CT molecular complexity index is 442. The smallest absolute Gasteiger partial charge is 0.237 e. The Labute approximate surface area is 140 Å². The third kappa shape index (κ3) is 4.24. The summed E-state index contributed by atoms with van der Waals surface area (Å²) in [5.41, 5.74) is 5.12. The first-order chi connectivity index (χ1) is 10.9. The van der Waals surface area contributed by atoms with E-state index in [1.807, 2.05) is 13.8 Å². The van der Waals surface area contributed by atoms with Crippen molar-refractivity contribution in [3.8, 4) is 6.07 Å². The molecule has 0 bridgehead atoms. The number of carbonyl (C=O) groups excluding carboxylic acids is 1. The van der Waals surface area contributed by atoms with Crippen molar-refractivity contribution in [3.63, 3.8) is 0 Å². The van der Waals surface area contributed by atoms with Crippen LogP contribution in [0.1, 0.15) is 65.2 Å². The van der Waals surface area contributed by atoms with Gasteiger partial charge in [-0.25, -0.2) is 0 Å². The highest BCUT2D eigenvalue weighted by Crippen LogP contribution is 2.37. The molecule has 0 radical (unpaired) electrons. The van der Waals surface area contributed by atoms with Crippen LogP contribution in [0, 0.1) is 22.7 Å². The summed E-state index contributed by atoms with van der Waals surface area (Å²) in [5, 5.41) is 16.1. The molecule has 2 rings (SSSR count). The van der Waals surface area contributed by atoms with Crippen molar-refractivity contribution in [2.75, 3.05) is 13.1 Å². The molecule has 1 saturated heterocycles. The van der Waals surface area contributed by atoms with Gasteiger partial charge in [0.25, 0.3) is 0 Å². The number of nitrogens with two attached hydrogens (primary N) is 1. The lowest BCUT2D eigenvalue weighted by Gasteiger charge is -2.46. The lowest BCUT2D eigenvalue weighted by Crippen LogP contribution is -2.64. The maximum Gasteiger partial charge on any atom is 0.237 e. The zero-order valence-corrected chi connectivity index (χ0v) is 14.7. The third-order valence-corrected chi connectivity index (χ3v) is 5.94. The number of nitrogens with one attached hydrogen (secondary N) is 2. The summed E-state index contributed by atoms with van der Waals surface area (Å²) >= 11 is 0. The monoisotopic (exact) mass is 320 g/mol. The predicted octanol–water partition coefficient (Wildman–Crippen LogP) is 2.07. The summed E-state index contributed by atoms with van der Waals surface area (Å²) in [6.07, 6.45) is 8.54. The molecule has 23 heavy (non-hydrogen) atoms. The second-order valence-electron chi connectivity index (χ2n) is 7.90. The van der Waals surface area contributed by atoms with Crippen LogP contribution in [0.4, 0.5) is 0 Å². The second kappa shape index (κ2) is 7.63. The molecule has 1 aliphatic heterocycles. The van der Waals surface area contributed by atoms with Gasteiger partial charge in [-0.1, -0.05) is 32.1 Å². The number of hydrogen-bond donors (Lipinski definition) is 3. The Balaban J connectivity index is 2.01. The first-order valence-electron chi connectivity index (χ1n) is 9.10. The molecule has 1 amide bonds. The zero-order valence-electron chi connectivity index (χ0n) is 14.7. The van der Waals surface area contributed by atoms with Crippen molar-refractivity contribution in [1.29, 1.82) is 5.26 Å². The van der Waals surface area contributed by atoms with Crippen molar-refractivity contribution in [2.45, 2.75) is 76.8 Å². The van der Waals surface area contributed by atoms with E-state index in [9.17, 15) is 10.1 Å². The molecule has 1 aliphatic carbocycles. The van der Waals surface area contributed by atoms with Gasteiger partial charge in [0.1, 0.15) is 0 Å². The molecule has 0 aromatic rings. The Morgan fingerprint density at radius 1 is 1.35 bits per heavy atom. The van der Waals surface area contributed by atoms with Crippen molar-refractivity contribution in [1.82, 2.24) is 10.6 Å². The molecule has 0 aromatic heterocycles. The molecule has 130 valence electrons. The molecule has 1 heterocycles. The predicted molar refractivity (Wildman–Crippen MR) is 91.5 cm³/mol. The van der Waals surface area contributed by atoms with Crippen molar-refractivity contribution in [3.05, 3.63) is 0 Å². The van der Waals surface area contributed by atoms with Gasteiger partial charge in [0.2, 0.25) is 5.91 Å². The maximum atomic E-state index is 12.7. The lowest BCUT2D eigenvalue weighted by atomic mass is 9.67. The summed E-state index contributed by atoms with van der Waals surface area (Å²) in [7, 11) is 0. The summed E-state index contributed by atoms with van der Waals surface area (Å²) in [6.45, 7) is 5.49. The molecule has 5 nitrogen and oxygen atoms in total. The minimum absolute atomic E-state index is 0.0826. The first kappa shape index (κ1) is 18.2. The summed E-state index contributed by atoms with van der Waals surface area (Å²) in [5.74, 6) is 0.498. The van der Waals surface area contributed by atoms with Gasteiger partial charge in [-0.3, -0.25) is 4.79 Å². The molecule has 1 unspecified atom stereocenters. The molecule has 2 fully saturated rings. The van der Waals surface area contributed by atoms with Crippen LogP contribution in [-0.2, 0) is 4.79 Å². The van der Waals surface area contributed by atoms with E-state index in [0.29, 0.717) is 5.92 Å². The first-order valence-corrected chi connectivity index (χ1v) is 9.10. The number of hydrogen-bond acceptors (Lipinski definition) is 4. The number of carbonyl (C=O) groups is 1. The van der Waals surface area contributed by atoms with Crippen LogP contribution >= 0.6 is 0 Å². The lowest BCUT2D eigenvalue weighted by molar-refractivity contribution is -0.126. The number of piperidine rings is 1. The molecule has 2 aliphatic rings. The molecule has 1 atom stereocenters. The highest BCUT2D eigenvalue weighted by atomic mass is 16.2. The van der Waals surface area contributed by atoms with Crippen molar-refractivity contribution < 1.29 is 4.79 Å². The molecule has 1 saturated carbocycles. The van der Waals surface area contributed by atoms with Gasteiger partial charge in [0.15, 0.2) is 0 Å². The quantitative estimate of drug-likeness (QED) is 0.723. The van der Waals surface area contributed by atoms with E-state index >= 15 is 0 Å². The largest absolute Gasteiger partial charge is 0.348 e. The van der Waals surface area contributed by atoms with Crippen LogP contribution in [0.2, 0.25) is 0 Å². The summed E-state index contributed by atoms with van der Waals surface area (Å²) in [4.78, 5) is 12.7.